The van der Waals surface area contributed by atoms with Gasteiger partial charge in [-0.05, 0) is 65.2 Å². The molecule has 0 spiro atoms. The monoisotopic (exact) mass is 486 g/mol. The van der Waals surface area contributed by atoms with Crippen molar-refractivity contribution in [2.75, 3.05) is 28.4 Å². The summed E-state index contributed by atoms with van der Waals surface area (Å²) < 4.78 is 22.6. The van der Waals surface area contributed by atoms with Crippen LogP contribution in [0.2, 0.25) is 13.1 Å². The molecule has 24 heavy (non-hydrogen) atoms. The lowest BCUT2D eigenvalue weighted by molar-refractivity contribution is 0.246. The third-order valence-electron chi connectivity index (χ3n) is 3.93. The summed E-state index contributed by atoms with van der Waals surface area (Å²) in [5.74, 6) is 0. The third kappa shape index (κ3) is 8.59. The second-order valence-electron chi connectivity index (χ2n) is 5.11. The van der Waals surface area contributed by atoms with E-state index in [2.05, 4.69) is 26.9 Å². The van der Waals surface area contributed by atoms with E-state index in [1.807, 2.05) is 41.2 Å². The van der Waals surface area contributed by atoms with Gasteiger partial charge in [0, 0.05) is 28.4 Å². The number of hydrogen-bond acceptors (Lipinski definition) is 10. The maximum atomic E-state index is 5.66. The molecule has 146 valence electrons. The number of hydrogen-bond donors (Lipinski definition) is 0. The lowest BCUT2D eigenvalue weighted by Crippen LogP contribution is -2.47. The van der Waals surface area contributed by atoms with E-state index in [-0.39, 0.29) is 0 Å². The maximum absolute atomic E-state index is 5.66. The van der Waals surface area contributed by atoms with Crippen molar-refractivity contribution in [3.63, 3.8) is 0 Å². The summed E-state index contributed by atoms with van der Waals surface area (Å²) in [4.78, 5) is 0.841. The minimum atomic E-state index is -2.07. The van der Waals surface area contributed by atoms with Gasteiger partial charge in [-0.15, -0.1) is 0 Å². The zero-order chi connectivity index (χ0) is 18.6. The molecule has 0 saturated heterocycles. The van der Waals surface area contributed by atoms with E-state index >= 15 is 0 Å². The van der Waals surface area contributed by atoms with Crippen LogP contribution in [-0.2, 0) is 17.7 Å². The Bertz CT molecular complexity index is 294. The summed E-state index contributed by atoms with van der Waals surface area (Å²) >= 11 is 0. The lowest BCUT2D eigenvalue weighted by Gasteiger charge is -2.30. The first-order valence-electron chi connectivity index (χ1n) is 7.56. The molecule has 0 N–H and O–H groups in total. The van der Waals surface area contributed by atoms with Gasteiger partial charge in [0.1, 0.15) is 0 Å². The fraction of sp³-hybridized carbons (Fsp3) is 1.00. The molecular weight excluding hydrogens is 457 g/mol. The average Bonchev–Trinajstić information content (AvgIpc) is 2.62. The highest BCUT2D eigenvalue weighted by Crippen LogP contribution is 2.55. The molecule has 0 heterocycles. The molecule has 0 bridgehead atoms. The SMILES string of the molecule is CCC(SSSSSSC(CC)[Si](C)(OC)OC)[Si](C)(OC)OC. The predicted octanol–water partition coefficient (Wildman–Crippen LogP) is 6.33. The topological polar surface area (TPSA) is 36.9 Å². The van der Waals surface area contributed by atoms with Gasteiger partial charge in [0.15, 0.2) is 0 Å². The fourth-order valence-corrected chi connectivity index (χ4v) is 24.2. The van der Waals surface area contributed by atoms with Gasteiger partial charge in [-0.2, -0.15) is 0 Å². The number of rotatable bonds is 15. The first-order chi connectivity index (χ1) is 11.4. The zero-order valence-corrected chi connectivity index (χ0v) is 22.6. The minimum Gasteiger partial charge on any atom is -0.397 e. The summed E-state index contributed by atoms with van der Waals surface area (Å²) in [6.07, 6.45) is 2.11. The van der Waals surface area contributed by atoms with E-state index in [0.717, 1.165) is 12.8 Å². The summed E-state index contributed by atoms with van der Waals surface area (Å²) in [7, 11) is 13.8. The molecule has 0 aliphatic carbocycles. The van der Waals surface area contributed by atoms with Crippen LogP contribution in [0.3, 0.4) is 0 Å². The maximum Gasteiger partial charge on any atom is 0.348 e. The molecule has 0 aliphatic heterocycles. The first kappa shape index (κ1) is 26.4. The highest BCUT2D eigenvalue weighted by atomic mass is 33.9. The molecule has 0 rings (SSSR count). The molecule has 4 nitrogen and oxygen atoms in total. The Hall–Kier alpha value is 2.37. The summed E-state index contributed by atoms with van der Waals surface area (Å²) in [6.45, 7) is 8.64. The lowest BCUT2D eigenvalue weighted by atomic mass is 10.6. The Kier molecular flexibility index (Phi) is 15.8. The molecule has 0 saturated carbocycles. The Balaban J connectivity index is 4.13. The van der Waals surface area contributed by atoms with E-state index in [0.29, 0.717) is 9.75 Å². The van der Waals surface area contributed by atoms with Crippen LogP contribution in [0.1, 0.15) is 26.7 Å². The van der Waals surface area contributed by atoms with E-state index in [1.165, 1.54) is 0 Å². The predicted molar refractivity (Wildman–Crippen MR) is 125 cm³/mol. The second kappa shape index (κ2) is 14.4. The zero-order valence-electron chi connectivity index (χ0n) is 15.7. The Morgan fingerprint density at radius 2 is 0.917 bits per heavy atom. The van der Waals surface area contributed by atoms with Crippen molar-refractivity contribution in [3.8, 4) is 0 Å². The second-order valence-corrected chi connectivity index (χ2v) is 22.8. The molecular formula is C12H30O4S6Si2. The molecule has 0 amide bonds. The van der Waals surface area contributed by atoms with Crippen molar-refractivity contribution in [3.05, 3.63) is 0 Å². The van der Waals surface area contributed by atoms with Gasteiger partial charge in [-0.1, -0.05) is 35.4 Å². The Morgan fingerprint density at radius 3 is 1.12 bits per heavy atom. The molecule has 0 aliphatic rings. The highest BCUT2D eigenvalue weighted by Gasteiger charge is 2.40. The minimum absolute atomic E-state index is 0.421. The van der Waals surface area contributed by atoms with Crippen LogP contribution in [0.25, 0.3) is 0 Å². The molecule has 0 aromatic rings. The van der Waals surface area contributed by atoms with Crippen LogP contribution < -0.4 is 0 Å². The molecule has 0 aromatic heterocycles. The molecule has 0 aromatic carbocycles. The largest absolute Gasteiger partial charge is 0.397 e. The normalized spacial score (nSPS) is 15.5. The highest BCUT2D eigenvalue weighted by molar-refractivity contribution is 9.42. The van der Waals surface area contributed by atoms with Gasteiger partial charge in [0.25, 0.3) is 0 Å². The molecule has 0 fully saturated rings. The van der Waals surface area contributed by atoms with Gasteiger partial charge in [0.05, 0.1) is 9.75 Å². The molecule has 0 radical (unpaired) electrons. The van der Waals surface area contributed by atoms with Crippen LogP contribution in [0.4, 0.5) is 0 Å². The summed E-state index contributed by atoms with van der Waals surface area (Å²) in [6, 6.07) is 0. The van der Waals surface area contributed by atoms with Crippen LogP contribution in [0, 0.1) is 0 Å². The van der Waals surface area contributed by atoms with Crippen LogP contribution >= 0.6 is 60.9 Å². The quantitative estimate of drug-likeness (QED) is 0.149. The Labute approximate surface area is 172 Å². The van der Waals surface area contributed by atoms with Crippen molar-refractivity contribution in [2.24, 2.45) is 0 Å². The summed E-state index contributed by atoms with van der Waals surface area (Å²) in [5.41, 5.74) is 0. The Morgan fingerprint density at radius 1 is 0.625 bits per heavy atom. The van der Waals surface area contributed by atoms with Crippen molar-refractivity contribution in [2.45, 2.75) is 49.5 Å². The van der Waals surface area contributed by atoms with Gasteiger partial charge < -0.3 is 17.7 Å². The average molecular weight is 487 g/mol. The molecule has 2 unspecified atom stereocenters. The van der Waals surface area contributed by atoms with Crippen molar-refractivity contribution in [1.82, 2.24) is 0 Å². The molecule has 2 atom stereocenters. The van der Waals surface area contributed by atoms with Gasteiger partial charge >= 0.3 is 17.1 Å². The van der Waals surface area contributed by atoms with Gasteiger partial charge in [-0.25, -0.2) is 0 Å². The first-order valence-corrected chi connectivity index (χ1v) is 20.0. The van der Waals surface area contributed by atoms with Crippen molar-refractivity contribution in [1.29, 1.82) is 0 Å². The third-order valence-corrected chi connectivity index (χ3v) is 25.9. The van der Waals surface area contributed by atoms with Crippen LogP contribution in [0.15, 0.2) is 0 Å². The molecule has 12 heteroatoms. The van der Waals surface area contributed by atoms with Crippen LogP contribution in [0.5, 0.6) is 0 Å². The van der Waals surface area contributed by atoms with Crippen molar-refractivity contribution < 1.29 is 17.7 Å². The van der Waals surface area contributed by atoms with E-state index < -0.39 is 17.1 Å². The van der Waals surface area contributed by atoms with Gasteiger partial charge in [0.2, 0.25) is 0 Å². The fourth-order valence-electron chi connectivity index (χ4n) is 1.89. The summed E-state index contributed by atoms with van der Waals surface area (Å²) in [5, 5.41) is 0. The van der Waals surface area contributed by atoms with Crippen molar-refractivity contribution >= 4 is 78.0 Å². The standard InChI is InChI=1S/C12H30O4S6Si2/c1-9-11(23(7,13-3)14-4)17-19-21-22-20-18-12(10-2)24(8,15-5)16-6/h11-12H,9-10H2,1-8H3. The van der Waals surface area contributed by atoms with E-state index in [1.54, 1.807) is 48.1 Å². The van der Waals surface area contributed by atoms with E-state index in [9.17, 15) is 0 Å². The smallest absolute Gasteiger partial charge is 0.348 e. The van der Waals surface area contributed by atoms with E-state index in [4.69, 9.17) is 17.7 Å². The van der Waals surface area contributed by atoms with Crippen LogP contribution in [-0.4, -0.2) is 55.3 Å². The van der Waals surface area contributed by atoms with Gasteiger partial charge in [-0.3, -0.25) is 0 Å².